The topological polar surface area (TPSA) is 78.8 Å². The molecule has 0 saturated carbocycles. The van der Waals surface area contributed by atoms with Crippen molar-refractivity contribution >= 4 is 12.4 Å². The summed E-state index contributed by atoms with van der Waals surface area (Å²) in [5, 5.41) is 21.9. The van der Waals surface area contributed by atoms with Crippen LogP contribution in [-0.2, 0) is 4.79 Å². The number of aliphatic hydroxyl groups is 1. The Morgan fingerprint density at radius 3 is 1.89 bits per heavy atom. The normalized spacial score (nSPS) is 16.2. The number of ether oxygens (including phenoxy) is 1. The molecule has 6 rings (SSSR count). The Labute approximate surface area is 265 Å². The van der Waals surface area contributed by atoms with Crippen LogP contribution in [0.2, 0.25) is 0 Å². The van der Waals surface area contributed by atoms with Crippen LogP contribution in [0.4, 0.5) is 0 Å². The van der Waals surface area contributed by atoms with E-state index in [0.717, 1.165) is 17.6 Å². The van der Waals surface area contributed by atoms with E-state index in [1.807, 2.05) is 79.7 Å². The number of carbonyl (C=O) groups excluding carboxylic acids is 1. The van der Waals surface area contributed by atoms with E-state index in [-0.39, 0.29) is 20.8 Å². The van der Waals surface area contributed by atoms with E-state index >= 15 is 0 Å². The maximum Gasteiger partial charge on any atom is 0.198 e. The fraction of sp³-hybridized carbons (Fsp3) is 0.308. The molecule has 0 aromatic heterocycles. The largest absolute Gasteiger partial charge is 0.508 e. The number of hydrogen-bond donors (Lipinski definition) is 3. The Balaban J connectivity index is 0.000000318. The number of aliphatic hydroxyl groups excluding tert-OH is 1. The molecular weight excluding hydrogens is 546 g/mol. The fourth-order valence-electron chi connectivity index (χ4n) is 4.63. The van der Waals surface area contributed by atoms with Crippen molar-refractivity contribution in [3.05, 3.63) is 137 Å². The molecule has 2 aliphatic rings. The molecule has 0 aliphatic carbocycles. The van der Waals surface area contributed by atoms with Crippen LogP contribution in [0.1, 0.15) is 74.3 Å². The molecule has 2 unspecified atom stereocenters. The summed E-state index contributed by atoms with van der Waals surface area (Å²) >= 11 is 0. The lowest BCUT2D eigenvalue weighted by Crippen LogP contribution is -2.25. The number of phenols is 1. The van der Waals surface area contributed by atoms with Crippen molar-refractivity contribution in [2.45, 2.75) is 66.6 Å². The third-order valence-corrected chi connectivity index (χ3v) is 6.85. The van der Waals surface area contributed by atoms with Gasteiger partial charge in [-0.3, -0.25) is 4.79 Å². The molecule has 44 heavy (non-hydrogen) atoms. The zero-order valence-electron chi connectivity index (χ0n) is 24.7. The second-order valence-corrected chi connectivity index (χ2v) is 10.4. The summed E-state index contributed by atoms with van der Waals surface area (Å²) in [6.45, 7) is 6.56. The van der Waals surface area contributed by atoms with Gasteiger partial charge in [0.2, 0.25) is 0 Å². The summed E-state index contributed by atoms with van der Waals surface area (Å²) in [5.41, 5.74) is 5.84. The maximum absolute atomic E-state index is 9.89. The minimum absolute atomic E-state index is 0. The van der Waals surface area contributed by atoms with E-state index in [1.54, 1.807) is 18.2 Å². The summed E-state index contributed by atoms with van der Waals surface area (Å²) in [6, 6.07) is 33.2. The molecule has 1 fully saturated rings. The Morgan fingerprint density at radius 2 is 1.36 bits per heavy atom. The van der Waals surface area contributed by atoms with Gasteiger partial charge in [0.1, 0.15) is 17.8 Å². The first-order valence-corrected chi connectivity index (χ1v) is 14.6. The summed E-state index contributed by atoms with van der Waals surface area (Å²) in [5.74, 6) is 1.34. The number of rotatable bonds is 3. The van der Waals surface area contributed by atoms with Crippen LogP contribution in [0, 0.1) is 13.8 Å². The number of aryl methyl sites for hydroxylation is 2. The van der Waals surface area contributed by atoms with Crippen LogP contribution in [0.3, 0.4) is 0 Å². The average Bonchev–Trinajstić information content (AvgIpc) is 3.04. The lowest BCUT2D eigenvalue weighted by molar-refractivity contribution is -0.104. The summed E-state index contributed by atoms with van der Waals surface area (Å²) in [6.07, 6.45) is 8.13. The molecule has 2 atom stereocenters. The lowest BCUT2D eigenvalue weighted by Gasteiger charge is -2.30. The van der Waals surface area contributed by atoms with Gasteiger partial charge >= 0.3 is 0 Å². The number of fused-ring (bicyclic) bond motifs is 1. The molecule has 0 spiro atoms. The van der Waals surface area contributed by atoms with E-state index in [0.29, 0.717) is 12.2 Å². The molecule has 4 aromatic carbocycles. The van der Waals surface area contributed by atoms with Gasteiger partial charge in [-0.05, 0) is 75.2 Å². The van der Waals surface area contributed by atoms with Crippen LogP contribution >= 0.6 is 0 Å². The number of carbonyl (C=O) groups is 1. The van der Waals surface area contributed by atoms with Crippen LogP contribution in [0.15, 0.2) is 109 Å². The quantitative estimate of drug-likeness (QED) is 0.162. The van der Waals surface area contributed by atoms with Crippen molar-refractivity contribution in [2.24, 2.45) is 0 Å². The fourth-order valence-corrected chi connectivity index (χ4v) is 4.63. The zero-order valence-corrected chi connectivity index (χ0v) is 24.7. The minimum atomic E-state index is -0.717. The molecule has 0 amide bonds. The molecule has 5 heteroatoms. The Hall–Kier alpha value is -4.19. The monoisotopic (exact) mass is 597 g/mol. The number of allylic oxidation sites excluding steroid dienone is 1. The number of aromatic hydroxyl groups is 1. The highest BCUT2D eigenvalue weighted by molar-refractivity contribution is 5.73. The molecule has 0 bridgehead atoms. The third kappa shape index (κ3) is 13.9. The van der Waals surface area contributed by atoms with Gasteiger partial charge in [-0.25, -0.2) is 0 Å². The smallest absolute Gasteiger partial charge is 0.198 e. The van der Waals surface area contributed by atoms with Crippen molar-refractivity contribution in [3.8, 4) is 11.5 Å². The number of hydrogen-bond acceptors (Lipinski definition) is 5. The number of benzene rings is 4. The third-order valence-electron chi connectivity index (χ3n) is 6.85. The van der Waals surface area contributed by atoms with Gasteiger partial charge in [-0.1, -0.05) is 123 Å². The van der Waals surface area contributed by atoms with E-state index in [1.165, 1.54) is 60.7 Å². The number of phenolic OH excluding ortho intramolecular Hbond substituents is 1. The molecule has 5 nitrogen and oxygen atoms in total. The van der Waals surface area contributed by atoms with Crippen molar-refractivity contribution < 1.29 is 19.7 Å². The van der Waals surface area contributed by atoms with E-state index < -0.39 is 6.29 Å². The van der Waals surface area contributed by atoms with Crippen LogP contribution < -0.4 is 10.1 Å². The van der Waals surface area contributed by atoms with E-state index in [4.69, 9.17) is 9.84 Å². The van der Waals surface area contributed by atoms with E-state index in [2.05, 4.69) is 30.4 Å². The molecule has 1 saturated heterocycles. The van der Waals surface area contributed by atoms with Crippen LogP contribution in [0.25, 0.3) is 6.08 Å². The summed E-state index contributed by atoms with van der Waals surface area (Å²) < 4.78 is 5.49. The van der Waals surface area contributed by atoms with E-state index in [9.17, 15) is 9.90 Å². The Bertz CT molecular complexity index is 1300. The molecular formula is C39H51NO4. The lowest BCUT2D eigenvalue weighted by atomic mass is 9.85. The maximum atomic E-state index is 9.89. The number of nitrogens with one attached hydrogen (secondary N) is 1. The SMILES string of the molecule is C.C.C1CCNCC1.Cc1ccc(O)cc1.Cc1ccc2c(c1)C(c1ccccc1)CC(O)O2.O=C/C=C/c1ccccc1. The molecule has 2 aliphatic heterocycles. The van der Waals surface area contributed by atoms with Gasteiger partial charge in [0.15, 0.2) is 6.29 Å². The van der Waals surface area contributed by atoms with Gasteiger partial charge in [-0.15, -0.1) is 0 Å². The molecule has 236 valence electrons. The number of piperidine rings is 1. The Morgan fingerprint density at radius 1 is 0.773 bits per heavy atom. The predicted molar refractivity (Wildman–Crippen MR) is 185 cm³/mol. The highest BCUT2D eigenvalue weighted by Gasteiger charge is 2.28. The van der Waals surface area contributed by atoms with Crippen molar-refractivity contribution in [2.75, 3.05) is 13.1 Å². The zero-order chi connectivity index (χ0) is 30.0. The highest BCUT2D eigenvalue weighted by atomic mass is 16.6. The second-order valence-electron chi connectivity index (χ2n) is 10.4. The Kier molecular flexibility index (Phi) is 18.5. The minimum Gasteiger partial charge on any atom is -0.508 e. The molecule has 3 N–H and O–H groups in total. The molecule has 4 aromatic rings. The van der Waals surface area contributed by atoms with Gasteiger partial charge in [-0.2, -0.15) is 0 Å². The molecule has 2 heterocycles. The van der Waals surface area contributed by atoms with Crippen LogP contribution in [0.5, 0.6) is 11.5 Å². The summed E-state index contributed by atoms with van der Waals surface area (Å²) in [4.78, 5) is 9.89. The second kappa shape index (κ2) is 21.5. The van der Waals surface area contributed by atoms with Crippen molar-refractivity contribution in [1.29, 1.82) is 0 Å². The average molecular weight is 598 g/mol. The van der Waals surface area contributed by atoms with Crippen molar-refractivity contribution in [3.63, 3.8) is 0 Å². The highest BCUT2D eigenvalue weighted by Crippen LogP contribution is 2.40. The first kappa shape index (κ1) is 37.8. The standard InChI is InChI=1S/C16H16O2.C9H8O.C7H8O.C5H11N.2CH4/c1-11-7-8-15-14(9-11)13(10-16(17)18-15)12-5-3-2-4-6-12;10-8-4-7-9-5-2-1-3-6-9;1-6-2-4-7(8)5-3-6;1-2-4-6-5-3-1;;/h2-9,13,16-17H,10H2,1H3;1-8H;2-5,8H,1H3;6H,1-5H2;2*1H4/b;7-4+;;;;. The van der Waals surface area contributed by atoms with Crippen LogP contribution in [-0.4, -0.2) is 35.9 Å². The van der Waals surface area contributed by atoms with Gasteiger partial charge in [0.25, 0.3) is 0 Å². The number of aldehydes is 1. The van der Waals surface area contributed by atoms with Gasteiger partial charge in [0, 0.05) is 17.9 Å². The predicted octanol–water partition coefficient (Wildman–Crippen LogP) is 8.86. The first-order chi connectivity index (χ1) is 20.5. The molecule has 0 radical (unpaired) electrons. The van der Waals surface area contributed by atoms with Gasteiger partial charge in [0.05, 0.1) is 0 Å². The van der Waals surface area contributed by atoms with Gasteiger partial charge < -0.3 is 20.3 Å². The summed E-state index contributed by atoms with van der Waals surface area (Å²) in [7, 11) is 0. The first-order valence-electron chi connectivity index (χ1n) is 14.6. The van der Waals surface area contributed by atoms with Crippen molar-refractivity contribution in [1.82, 2.24) is 5.32 Å².